The monoisotopic (exact) mass is 1000 g/mol. The van der Waals surface area contributed by atoms with Crippen molar-refractivity contribution < 1.29 is 4.42 Å². The van der Waals surface area contributed by atoms with E-state index in [1.54, 1.807) is 0 Å². The van der Waals surface area contributed by atoms with Gasteiger partial charge in [-0.25, -0.2) is 0 Å². The molecule has 0 saturated carbocycles. The van der Waals surface area contributed by atoms with E-state index in [0.29, 0.717) is 0 Å². The molecule has 79 heavy (non-hydrogen) atoms. The van der Waals surface area contributed by atoms with Crippen LogP contribution in [0.1, 0.15) is 0 Å². The first-order valence-electron chi connectivity index (χ1n) is 27.2. The van der Waals surface area contributed by atoms with Crippen molar-refractivity contribution in [1.82, 2.24) is 9.13 Å². The van der Waals surface area contributed by atoms with Crippen LogP contribution in [0.4, 0.5) is 0 Å². The van der Waals surface area contributed by atoms with Crippen LogP contribution in [0, 0.1) is 0 Å². The molecule has 0 bridgehead atoms. The summed E-state index contributed by atoms with van der Waals surface area (Å²) in [5.74, 6) is 0. The summed E-state index contributed by atoms with van der Waals surface area (Å²) in [7, 11) is 0. The van der Waals surface area contributed by atoms with E-state index in [-0.39, 0.29) is 0 Å². The lowest BCUT2D eigenvalue weighted by Gasteiger charge is -2.19. The van der Waals surface area contributed by atoms with Crippen LogP contribution in [-0.4, -0.2) is 9.13 Å². The van der Waals surface area contributed by atoms with Crippen LogP contribution in [0.2, 0.25) is 0 Å². The standard InChI is InChI=1S/C76H46N2O/c1-3-22-49(23-4-1)77-65-38-15-13-31-59(65)74-53(35-18-40-67(74)77)52-33-17-34-58-63(52)45-47-21-7-8-26-51(47)72(58)62-37-20-42-70-76(62)64-46-48(43-44-69(64)79-70)71-54-27-9-11-29-56(54)73(57-30-12-10-28-55(57)71)61-36-19-41-68-75(61)60-32-14-16-39-66(60)78(68)50-24-5-2-6-25-50/h1-46H. The molecule has 3 heterocycles. The summed E-state index contributed by atoms with van der Waals surface area (Å²) in [5, 5.41) is 16.9. The molecule has 14 aromatic carbocycles. The normalized spacial score (nSPS) is 12.1. The van der Waals surface area contributed by atoms with Crippen molar-refractivity contribution in [3.8, 4) is 55.9 Å². The van der Waals surface area contributed by atoms with E-state index in [1.807, 2.05) is 0 Å². The number of hydrogen-bond donors (Lipinski definition) is 0. The first-order valence-corrected chi connectivity index (χ1v) is 27.2. The van der Waals surface area contributed by atoms with Gasteiger partial charge in [-0.2, -0.15) is 0 Å². The van der Waals surface area contributed by atoms with Crippen molar-refractivity contribution in [2.45, 2.75) is 0 Å². The molecule has 17 rings (SSSR count). The lowest BCUT2D eigenvalue weighted by molar-refractivity contribution is 0.669. The summed E-state index contributed by atoms with van der Waals surface area (Å²) in [6.07, 6.45) is 0. The summed E-state index contributed by atoms with van der Waals surface area (Å²) in [6, 6.07) is 103. The van der Waals surface area contributed by atoms with Gasteiger partial charge in [0.2, 0.25) is 0 Å². The van der Waals surface area contributed by atoms with E-state index in [0.717, 1.165) is 44.4 Å². The molecule has 3 nitrogen and oxygen atoms in total. The Morgan fingerprint density at radius 2 is 0.658 bits per heavy atom. The highest BCUT2D eigenvalue weighted by Gasteiger charge is 2.25. The first kappa shape index (κ1) is 43.7. The van der Waals surface area contributed by atoms with E-state index < -0.39 is 0 Å². The number of nitrogens with zero attached hydrogens (tertiary/aromatic N) is 2. The van der Waals surface area contributed by atoms with E-state index in [4.69, 9.17) is 4.42 Å². The molecule has 0 aliphatic heterocycles. The molecule has 0 N–H and O–H groups in total. The number of furan rings is 1. The zero-order valence-electron chi connectivity index (χ0n) is 42.9. The summed E-state index contributed by atoms with van der Waals surface area (Å²) in [5.41, 5.74) is 18.4. The van der Waals surface area contributed by atoms with Crippen LogP contribution in [-0.2, 0) is 0 Å². The molecule has 0 saturated heterocycles. The summed E-state index contributed by atoms with van der Waals surface area (Å²) in [6.45, 7) is 0. The largest absolute Gasteiger partial charge is 0.456 e. The maximum Gasteiger partial charge on any atom is 0.136 e. The molecule has 0 spiro atoms. The molecule has 0 atom stereocenters. The maximum absolute atomic E-state index is 6.91. The molecule has 0 fully saturated rings. The van der Waals surface area contributed by atoms with Gasteiger partial charge in [0, 0.05) is 43.7 Å². The molecule has 366 valence electrons. The van der Waals surface area contributed by atoms with Crippen LogP contribution in [0.15, 0.2) is 283 Å². The van der Waals surface area contributed by atoms with Crippen molar-refractivity contribution in [3.05, 3.63) is 279 Å². The van der Waals surface area contributed by atoms with E-state index in [9.17, 15) is 0 Å². The average molecular weight is 1000 g/mol. The van der Waals surface area contributed by atoms with Crippen molar-refractivity contribution in [3.63, 3.8) is 0 Å². The van der Waals surface area contributed by atoms with Gasteiger partial charge in [0.15, 0.2) is 0 Å². The topological polar surface area (TPSA) is 23.0 Å². The van der Waals surface area contributed by atoms with Crippen LogP contribution in [0.3, 0.4) is 0 Å². The van der Waals surface area contributed by atoms with Gasteiger partial charge in [-0.05, 0) is 160 Å². The van der Waals surface area contributed by atoms with Gasteiger partial charge in [0.1, 0.15) is 11.2 Å². The van der Waals surface area contributed by atoms with Gasteiger partial charge in [0.25, 0.3) is 0 Å². The zero-order chi connectivity index (χ0) is 51.7. The third kappa shape index (κ3) is 6.36. The average Bonchev–Trinajstić information content (AvgIpc) is 4.41. The molecule has 3 aromatic heterocycles. The van der Waals surface area contributed by atoms with Crippen LogP contribution >= 0.6 is 0 Å². The molecule has 0 radical (unpaired) electrons. The van der Waals surface area contributed by atoms with Crippen molar-refractivity contribution in [2.75, 3.05) is 0 Å². The van der Waals surface area contributed by atoms with Gasteiger partial charge in [-0.3, -0.25) is 0 Å². The fourth-order valence-electron chi connectivity index (χ4n) is 13.7. The lowest BCUT2D eigenvalue weighted by atomic mass is 9.84. The van der Waals surface area contributed by atoms with Gasteiger partial charge < -0.3 is 13.6 Å². The number of fused-ring (bicyclic) bond motifs is 13. The molecular weight excluding hydrogens is 957 g/mol. The minimum absolute atomic E-state index is 0.865. The highest BCUT2D eigenvalue weighted by Crippen LogP contribution is 2.51. The van der Waals surface area contributed by atoms with Gasteiger partial charge >= 0.3 is 0 Å². The predicted molar refractivity (Wildman–Crippen MR) is 334 cm³/mol. The Balaban J connectivity index is 0.899. The smallest absolute Gasteiger partial charge is 0.136 e. The van der Waals surface area contributed by atoms with Gasteiger partial charge in [0.05, 0.1) is 22.1 Å². The molecule has 0 aliphatic rings. The maximum atomic E-state index is 6.91. The highest BCUT2D eigenvalue weighted by atomic mass is 16.3. The van der Waals surface area contributed by atoms with Crippen LogP contribution in [0.25, 0.3) is 165 Å². The third-order valence-electron chi connectivity index (χ3n) is 16.9. The van der Waals surface area contributed by atoms with Crippen molar-refractivity contribution in [1.29, 1.82) is 0 Å². The number of rotatable bonds is 6. The Morgan fingerprint density at radius 1 is 0.228 bits per heavy atom. The molecule has 0 aliphatic carbocycles. The summed E-state index contributed by atoms with van der Waals surface area (Å²) in [4.78, 5) is 0. The molecule has 0 unspecified atom stereocenters. The Morgan fingerprint density at radius 3 is 1.29 bits per heavy atom. The fourth-order valence-corrected chi connectivity index (χ4v) is 13.7. The summed E-state index contributed by atoms with van der Waals surface area (Å²) < 4.78 is 11.7. The second kappa shape index (κ2) is 17.0. The summed E-state index contributed by atoms with van der Waals surface area (Å²) >= 11 is 0. The molecular formula is C76H46N2O. The second-order valence-electron chi connectivity index (χ2n) is 21.0. The number of hydrogen-bond acceptors (Lipinski definition) is 1. The number of aromatic nitrogens is 2. The Bertz CT molecular complexity index is 5310. The Labute approximate surface area is 454 Å². The van der Waals surface area contributed by atoms with Crippen LogP contribution < -0.4 is 0 Å². The van der Waals surface area contributed by atoms with Gasteiger partial charge in [-0.1, -0.05) is 206 Å². The Kier molecular flexibility index (Phi) is 9.42. The predicted octanol–water partition coefficient (Wildman–Crippen LogP) is 21.1. The van der Waals surface area contributed by atoms with Crippen molar-refractivity contribution >= 4 is 109 Å². The highest BCUT2D eigenvalue weighted by molar-refractivity contribution is 6.28. The fraction of sp³-hybridized carbons (Fsp3) is 0. The minimum Gasteiger partial charge on any atom is -0.456 e. The van der Waals surface area contributed by atoms with Crippen molar-refractivity contribution in [2.24, 2.45) is 0 Å². The SMILES string of the molecule is c1ccc(-n2c3ccccc3c3c(-c4cccc5c(-c6cccc7oc8ccc(-c9c%10ccccc%10c(-c%10cccc%11c%10c%10ccccc%10n%11-c%10ccccc%10)c%10ccccc9%10)cc8c67)c6ccccc6cc45)cccc32)cc1. The molecule has 0 amide bonds. The quantitative estimate of drug-likeness (QED) is 0.152. The van der Waals surface area contributed by atoms with E-state index >= 15 is 0 Å². The number of para-hydroxylation sites is 4. The minimum atomic E-state index is 0.865. The first-order chi connectivity index (χ1) is 39.2. The third-order valence-corrected chi connectivity index (χ3v) is 16.9. The second-order valence-corrected chi connectivity index (χ2v) is 21.0. The van der Waals surface area contributed by atoms with Crippen LogP contribution in [0.5, 0.6) is 0 Å². The number of benzene rings is 14. The molecule has 3 heteroatoms. The zero-order valence-corrected chi connectivity index (χ0v) is 42.9. The van der Waals surface area contributed by atoms with Gasteiger partial charge in [-0.15, -0.1) is 0 Å². The Hall–Kier alpha value is -10.5. The lowest BCUT2D eigenvalue weighted by Crippen LogP contribution is -1.93. The van der Waals surface area contributed by atoms with E-state index in [2.05, 4.69) is 288 Å². The molecule has 17 aromatic rings. The van der Waals surface area contributed by atoms with E-state index in [1.165, 1.54) is 120 Å².